The first kappa shape index (κ1) is 26.3. The number of unbranched alkanes of at least 4 members (excludes halogenated alkanes) is 1. The molecule has 0 spiro atoms. The maximum Gasteiger partial charge on any atom is 0.247 e. The summed E-state index contributed by atoms with van der Waals surface area (Å²) >= 11 is 5.95. The topological polar surface area (TPSA) is 67.9 Å². The molecule has 180 valence electrons. The predicted octanol–water partition coefficient (Wildman–Crippen LogP) is 5.23. The van der Waals surface area contributed by atoms with E-state index in [1.165, 1.54) is 12.8 Å². The number of hydrogen-bond donors (Lipinski definition) is 1. The van der Waals surface area contributed by atoms with E-state index < -0.39 is 6.04 Å². The molecule has 0 unspecified atom stereocenters. The highest BCUT2D eigenvalue weighted by Crippen LogP contribution is 2.34. The minimum absolute atomic E-state index is 0.0111. The summed E-state index contributed by atoms with van der Waals surface area (Å²) in [6.07, 6.45) is 8.28. The Labute approximate surface area is 198 Å². The van der Waals surface area contributed by atoms with Crippen LogP contribution in [0.2, 0.25) is 0 Å². The lowest BCUT2D eigenvalue weighted by Gasteiger charge is -2.32. The van der Waals surface area contributed by atoms with Crippen molar-refractivity contribution < 1.29 is 19.1 Å². The number of methoxy groups -OCH3 is 1. The third kappa shape index (κ3) is 7.58. The summed E-state index contributed by atoms with van der Waals surface area (Å²) in [6, 6.07) is 4.83. The van der Waals surface area contributed by atoms with Crippen molar-refractivity contribution in [2.75, 3.05) is 19.5 Å². The fourth-order valence-corrected chi connectivity index (χ4v) is 4.34. The van der Waals surface area contributed by atoms with Gasteiger partial charge in [0.1, 0.15) is 11.9 Å². The van der Waals surface area contributed by atoms with Gasteiger partial charge in [0.05, 0.1) is 13.2 Å². The van der Waals surface area contributed by atoms with Crippen LogP contribution in [-0.4, -0.2) is 48.4 Å². The largest absolute Gasteiger partial charge is 0.493 e. The van der Waals surface area contributed by atoms with Crippen LogP contribution in [0.1, 0.15) is 83.7 Å². The van der Waals surface area contributed by atoms with E-state index in [4.69, 9.17) is 21.1 Å². The number of benzene rings is 1. The SMILES string of the molecule is CCCCN(C(=O)CCl)[C@@H](C(=O)NC1CCCCCC1)c1ccc(OC(C)C)c(OC)c1. The van der Waals surface area contributed by atoms with Gasteiger partial charge in [-0.05, 0) is 50.8 Å². The van der Waals surface area contributed by atoms with E-state index in [1.807, 2.05) is 26.0 Å². The van der Waals surface area contributed by atoms with Gasteiger partial charge >= 0.3 is 0 Å². The molecule has 1 saturated carbocycles. The molecule has 32 heavy (non-hydrogen) atoms. The van der Waals surface area contributed by atoms with Gasteiger partial charge in [-0.15, -0.1) is 11.6 Å². The van der Waals surface area contributed by atoms with Crippen LogP contribution in [0.5, 0.6) is 11.5 Å². The maximum absolute atomic E-state index is 13.6. The molecule has 1 fully saturated rings. The molecule has 1 aliphatic rings. The van der Waals surface area contributed by atoms with Gasteiger partial charge in [0.25, 0.3) is 0 Å². The van der Waals surface area contributed by atoms with E-state index in [2.05, 4.69) is 12.2 Å². The molecule has 0 aliphatic heterocycles. The predicted molar refractivity (Wildman–Crippen MR) is 128 cm³/mol. The zero-order valence-corrected chi connectivity index (χ0v) is 20.7. The third-order valence-corrected chi connectivity index (χ3v) is 6.04. The molecule has 1 aromatic carbocycles. The van der Waals surface area contributed by atoms with Crippen molar-refractivity contribution in [2.24, 2.45) is 0 Å². The number of rotatable bonds is 11. The standard InChI is InChI=1S/C25H39ClN2O4/c1-5-6-15-28(23(29)17-26)24(25(30)27-20-11-9-7-8-10-12-20)19-13-14-21(32-18(2)3)22(16-19)31-4/h13-14,16,18,20,24H,5-12,15,17H2,1-4H3,(H,27,30)/t24-/m1/s1. The Kier molecular flexibility index (Phi) is 11.1. The fraction of sp³-hybridized carbons (Fsp3) is 0.680. The molecule has 1 aliphatic carbocycles. The van der Waals surface area contributed by atoms with Crippen LogP contribution in [0.15, 0.2) is 18.2 Å². The molecule has 6 nitrogen and oxygen atoms in total. The number of carbonyl (C=O) groups excluding carboxylic acids is 2. The van der Waals surface area contributed by atoms with Crippen molar-refractivity contribution in [1.82, 2.24) is 10.2 Å². The Balaban J connectivity index is 2.41. The van der Waals surface area contributed by atoms with Gasteiger partial charge < -0.3 is 19.7 Å². The Morgan fingerprint density at radius 3 is 2.41 bits per heavy atom. The second kappa shape index (κ2) is 13.6. The molecule has 0 heterocycles. The number of ether oxygens (including phenoxy) is 2. The second-order valence-electron chi connectivity index (χ2n) is 8.75. The molecular formula is C25H39ClN2O4. The van der Waals surface area contributed by atoms with Gasteiger partial charge in [0.15, 0.2) is 11.5 Å². The first-order chi connectivity index (χ1) is 15.4. The van der Waals surface area contributed by atoms with Crippen LogP contribution in [0.3, 0.4) is 0 Å². The minimum Gasteiger partial charge on any atom is -0.493 e. The average molecular weight is 467 g/mol. The first-order valence-corrected chi connectivity index (χ1v) is 12.4. The van der Waals surface area contributed by atoms with Crippen molar-refractivity contribution in [3.63, 3.8) is 0 Å². The van der Waals surface area contributed by atoms with Gasteiger partial charge in [0, 0.05) is 12.6 Å². The molecule has 1 atom stereocenters. The van der Waals surface area contributed by atoms with Gasteiger partial charge in [-0.1, -0.05) is 45.1 Å². The van der Waals surface area contributed by atoms with E-state index in [-0.39, 0.29) is 29.8 Å². The van der Waals surface area contributed by atoms with Crippen LogP contribution in [0.25, 0.3) is 0 Å². The lowest BCUT2D eigenvalue weighted by Crippen LogP contribution is -2.47. The number of carbonyl (C=O) groups is 2. The van der Waals surface area contributed by atoms with Gasteiger partial charge in [-0.3, -0.25) is 9.59 Å². The number of nitrogens with zero attached hydrogens (tertiary/aromatic N) is 1. The van der Waals surface area contributed by atoms with Crippen molar-refractivity contribution in [2.45, 2.75) is 90.3 Å². The molecule has 0 saturated heterocycles. The summed E-state index contributed by atoms with van der Waals surface area (Å²) in [5.41, 5.74) is 0.693. The average Bonchev–Trinajstić information content (AvgIpc) is 3.04. The van der Waals surface area contributed by atoms with Gasteiger partial charge in [-0.25, -0.2) is 0 Å². The van der Waals surface area contributed by atoms with Crippen LogP contribution >= 0.6 is 11.6 Å². The molecule has 2 rings (SSSR count). The second-order valence-corrected chi connectivity index (χ2v) is 9.02. The third-order valence-electron chi connectivity index (χ3n) is 5.81. The van der Waals surface area contributed by atoms with E-state index in [0.717, 1.165) is 38.5 Å². The van der Waals surface area contributed by atoms with E-state index in [1.54, 1.807) is 18.1 Å². The summed E-state index contributed by atoms with van der Waals surface area (Å²) in [4.78, 5) is 28.0. The molecule has 7 heteroatoms. The molecule has 0 bridgehead atoms. The Morgan fingerprint density at radius 2 is 1.84 bits per heavy atom. The smallest absolute Gasteiger partial charge is 0.247 e. The van der Waals surface area contributed by atoms with Crippen molar-refractivity contribution in [3.05, 3.63) is 23.8 Å². The van der Waals surface area contributed by atoms with Crippen molar-refractivity contribution in [1.29, 1.82) is 0 Å². The highest BCUT2D eigenvalue weighted by Gasteiger charge is 2.32. The summed E-state index contributed by atoms with van der Waals surface area (Å²) in [7, 11) is 1.58. The van der Waals surface area contributed by atoms with Crippen LogP contribution < -0.4 is 14.8 Å². The van der Waals surface area contributed by atoms with Crippen LogP contribution in [0.4, 0.5) is 0 Å². The summed E-state index contributed by atoms with van der Waals surface area (Å²) < 4.78 is 11.4. The quantitative estimate of drug-likeness (QED) is 0.358. The number of nitrogens with one attached hydrogen (secondary N) is 1. The van der Waals surface area contributed by atoms with E-state index in [0.29, 0.717) is 23.6 Å². The first-order valence-electron chi connectivity index (χ1n) is 11.9. The summed E-state index contributed by atoms with van der Waals surface area (Å²) in [5, 5.41) is 3.23. The highest BCUT2D eigenvalue weighted by molar-refractivity contribution is 6.27. The lowest BCUT2D eigenvalue weighted by molar-refractivity contribution is -0.139. The Bertz CT molecular complexity index is 733. The summed E-state index contributed by atoms with van der Waals surface area (Å²) in [5.74, 6) is 0.576. The number of hydrogen-bond acceptors (Lipinski definition) is 4. The monoisotopic (exact) mass is 466 g/mol. The Hall–Kier alpha value is -1.95. The molecule has 1 aromatic rings. The summed E-state index contributed by atoms with van der Waals surface area (Å²) in [6.45, 7) is 6.42. The zero-order chi connectivity index (χ0) is 23.5. The molecular weight excluding hydrogens is 428 g/mol. The molecule has 1 N–H and O–H groups in total. The normalized spacial score (nSPS) is 15.7. The maximum atomic E-state index is 13.6. The van der Waals surface area contributed by atoms with Crippen LogP contribution in [0, 0.1) is 0 Å². The number of amides is 2. The molecule has 2 amide bonds. The van der Waals surface area contributed by atoms with E-state index in [9.17, 15) is 9.59 Å². The van der Waals surface area contributed by atoms with Crippen molar-refractivity contribution >= 4 is 23.4 Å². The fourth-order valence-electron chi connectivity index (χ4n) is 4.19. The van der Waals surface area contributed by atoms with E-state index >= 15 is 0 Å². The van der Waals surface area contributed by atoms with Crippen molar-refractivity contribution in [3.8, 4) is 11.5 Å². The lowest BCUT2D eigenvalue weighted by atomic mass is 10.0. The molecule has 0 radical (unpaired) electrons. The minimum atomic E-state index is -0.766. The number of halogens is 1. The number of alkyl halides is 1. The zero-order valence-electron chi connectivity index (χ0n) is 20.0. The Morgan fingerprint density at radius 1 is 1.16 bits per heavy atom. The van der Waals surface area contributed by atoms with Crippen LogP contribution in [-0.2, 0) is 9.59 Å². The van der Waals surface area contributed by atoms with Gasteiger partial charge in [0.2, 0.25) is 11.8 Å². The molecule has 0 aromatic heterocycles. The highest BCUT2D eigenvalue weighted by atomic mass is 35.5. The van der Waals surface area contributed by atoms with Gasteiger partial charge in [-0.2, -0.15) is 0 Å².